The average Bonchev–Trinajstić information content (AvgIpc) is 2.52. The van der Waals surface area contributed by atoms with Crippen molar-refractivity contribution < 1.29 is 9.13 Å². The molecule has 0 saturated carbocycles. The highest BCUT2D eigenvalue weighted by Crippen LogP contribution is 2.39. The molecule has 0 aliphatic carbocycles. The molecule has 1 aliphatic rings. The van der Waals surface area contributed by atoms with Gasteiger partial charge >= 0.3 is 0 Å². The minimum absolute atomic E-state index is 0.123. The van der Waals surface area contributed by atoms with Gasteiger partial charge in [0.1, 0.15) is 5.82 Å². The fraction of sp³-hybridized carbons (Fsp3) is 0.571. The summed E-state index contributed by atoms with van der Waals surface area (Å²) < 4.78 is 19.0. The number of nitrogens with two attached hydrogens (primary N) is 1. The molecule has 0 radical (unpaired) electrons. The maximum absolute atomic E-state index is 13.2. The van der Waals surface area contributed by atoms with Gasteiger partial charge in [0.05, 0.1) is 12.2 Å². The second-order valence-electron chi connectivity index (χ2n) is 5.06. The van der Waals surface area contributed by atoms with Crippen LogP contribution in [0, 0.1) is 17.7 Å². The molecule has 1 aromatic rings. The van der Waals surface area contributed by atoms with Crippen LogP contribution in [0.5, 0.6) is 0 Å². The lowest BCUT2D eigenvalue weighted by Gasteiger charge is -2.26. The summed E-state index contributed by atoms with van der Waals surface area (Å²) >= 11 is 0. The van der Waals surface area contributed by atoms with Crippen LogP contribution >= 0.6 is 0 Å². The summed E-state index contributed by atoms with van der Waals surface area (Å²) in [4.78, 5) is 0. The molecule has 2 N–H and O–H groups in total. The van der Waals surface area contributed by atoms with Gasteiger partial charge in [-0.25, -0.2) is 4.39 Å². The largest absolute Gasteiger partial charge is 0.375 e. The zero-order valence-electron chi connectivity index (χ0n) is 10.6. The first-order valence-electron chi connectivity index (χ1n) is 6.17. The zero-order chi connectivity index (χ0) is 12.6. The molecule has 94 valence electrons. The lowest BCUT2D eigenvalue weighted by Crippen LogP contribution is -2.30. The fourth-order valence-electron chi connectivity index (χ4n) is 2.85. The molecular weight excluding hydrogens is 217 g/mol. The Morgan fingerprint density at radius 3 is 2.47 bits per heavy atom. The van der Waals surface area contributed by atoms with Gasteiger partial charge in [0.2, 0.25) is 0 Å². The highest BCUT2D eigenvalue weighted by atomic mass is 19.1. The third-order valence-electron chi connectivity index (χ3n) is 3.97. The predicted octanol–water partition coefficient (Wildman–Crippen LogP) is 2.89. The number of hydrogen-bond donors (Lipinski definition) is 1. The summed E-state index contributed by atoms with van der Waals surface area (Å²) in [6.07, 6.45) is 0.341. The van der Waals surface area contributed by atoms with Crippen molar-refractivity contribution in [2.24, 2.45) is 17.6 Å². The third kappa shape index (κ3) is 2.35. The van der Waals surface area contributed by atoms with Crippen molar-refractivity contribution in [1.29, 1.82) is 0 Å². The molecule has 17 heavy (non-hydrogen) atoms. The third-order valence-corrected chi connectivity index (χ3v) is 3.97. The van der Waals surface area contributed by atoms with Crippen molar-refractivity contribution in [3.63, 3.8) is 0 Å². The molecule has 5 unspecified atom stereocenters. The molecule has 1 aromatic carbocycles. The van der Waals surface area contributed by atoms with Crippen LogP contribution in [0.1, 0.15) is 32.4 Å². The lowest BCUT2D eigenvalue weighted by molar-refractivity contribution is 0.0489. The van der Waals surface area contributed by atoms with Gasteiger partial charge in [0, 0.05) is 12.0 Å². The van der Waals surface area contributed by atoms with E-state index in [1.807, 2.05) is 13.0 Å². The Hall–Kier alpha value is -0.930. The van der Waals surface area contributed by atoms with Crippen molar-refractivity contribution in [1.82, 2.24) is 0 Å². The van der Waals surface area contributed by atoms with E-state index in [0.717, 1.165) is 5.56 Å². The van der Waals surface area contributed by atoms with Crippen LogP contribution < -0.4 is 5.73 Å². The Kier molecular flexibility index (Phi) is 3.50. The van der Waals surface area contributed by atoms with Crippen molar-refractivity contribution in [3.05, 3.63) is 35.6 Å². The van der Waals surface area contributed by atoms with Gasteiger partial charge in [-0.15, -0.1) is 0 Å². The molecule has 1 heterocycles. The topological polar surface area (TPSA) is 35.2 Å². The minimum Gasteiger partial charge on any atom is -0.375 e. The van der Waals surface area contributed by atoms with E-state index in [1.54, 1.807) is 6.07 Å². The molecule has 2 nitrogen and oxygen atoms in total. The first-order chi connectivity index (χ1) is 8.00. The lowest BCUT2D eigenvalue weighted by atomic mass is 9.81. The van der Waals surface area contributed by atoms with Crippen LogP contribution in [0.25, 0.3) is 0 Å². The number of ether oxygens (including phenoxy) is 1. The molecule has 0 aromatic heterocycles. The van der Waals surface area contributed by atoms with Crippen LogP contribution in [-0.4, -0.2) is 12.2 Å². The van der Waals surface area contributed by atoms with Crippen molar-refractivity contribution in [2.45, 2.75) is 39.0 Å². The molecule has 0 amide bonds. The summed E-state index contributed by atoms with van der Waals surface area (Å²) in [6.45, 7) is 6.27. The van der Waals surface area contributed by atoms with E-state index in [0.29, 0.717) is 5.92 Å². The van der Waals surface area contributed by atoms with Crippen molar-refractivity contribution in [2.75, 3.05) is 0 Å². The smallest absolute Gasteiger partial charge is 0.123 e. The molecule has 1 fully saturated rings. The average molecular weight is 237 g/mol. The summed E-state index contributed by atoms with van der Waals surface area (Å²) in [5, 5.41) is 0. The van der Waals surface area contributed by atoms with Crippen LogP contribution in [0.2, 0.25) is 0 Å². The van der Waals surface area contributed by atoms with Crippen molar-refractivity contribution >= 4 is 0 Å². The van der Waals surface area contributed by atoms with Gasteiger partial charge in [0.25, 0.3) is 0 Å². The SMILES string of the molecule is CC1OC(C)C(C(N)c2cccc(F)c2)C1C. The summed E-state index contributed by atoms with van der Waals surface area (Å²) in [5.74, 6) is 0.403. The van der Waals surface area contributed by atoms with Crippen LogP contribution in [0.3, 0.4) is 0 Å². The Morgan fingerprint density at radius 1 is 1.24 bits per heavy atom. The summed E-state index contributed by atoms with van der Waals surface area (Å²) in [7, 11) is 0. The monoisotopic (exact) mass is 237 g/mol. The van der Waals surface area contributed by atoms with Gasteiger partial charge in [-0.3, -0.25) is 0 Å². The Bertz CT molecular complexity index is 396. The van der Waals surface area contributed by atoms with Gasteiger partial charge < -0.3 is 10.5 Å². The zero-order valence-corrected chi connectivity index (χ0v) is 10.6. The normalized spacial score (nSPS) is 34.9. The maximum Gasteiger partial charge on any atom is 0.123 e. The van der Waals surface area contributed by atoms with E-state index in [2.05, 4.69) is 13.8 Å². The van der Waals surface area contributed by atoms with Crippen LogP contribution in [0.15, 0.2) is 24.3 Å². The van der Waals surface area contributed by atoms with E-state index in [4.69, 9.17) is 10.5 Å². The van der Waals surface area contributed by atoms with Crippen molar-refractivity contribution in [3.8, 4) is 0 Å². The van der Waals surface area contributed by atoms with E-state index in [-0.39, 0.29) is 30.0 Å². The van der Waals surface area contributed by atoms with Crippen LogP contribution in [-0.2, 0) is 4.74 Å². The molecule has 1 aliphatic heterocycles. The first-order valence-corrected chi connectivity index (χ1v) is 6.17. The number of hydrogen-bond acceptors (Lipinski definition) is 2. The van der Waals surface area contributed by atoms with Gasteiger partial charge in [-0.1, -0.05) is 19.1 Å². The number of halogens is 1. The van der Waals surface area contributed by atoms with E-state index in [9.17, 15) is 4.39 Å². The second kappa shape index (κ2) is 4.75. The van der Waals surface area contributed by atoms with E-state index in [1.165, 1.54) is 12.1 Å². The summed E-state index contributed by atoms with van der Waals surface area (Å²) in [5.41, 5.74) is 7.12. The molecule has 0 spiro atoms. The Morgan fingerprint density at radius 2 is 1.94 bits per heavy atom. The number of rotatable bonds is 2. The quantitative estimate of drug-likeness (QED) is 0.858. The second-order valence-corrected chi connectivity index (χ2v) is 5.06. The van der Waals surface area contributed by atoms with Gasteiger partial charge in [-0.05, 0) is 37.5 Å². The van der Waals surface area contributed by atoms with E-state index >= 15 is 0 Å². The Balaban J connectivity index is 2.22. The molecule has 0 bridgehead atoms. The first kappa shape index (κ1) is 12.5. The fourth-order valence-corrected chi connectivity index (χ4v) is 2.85. The molecule has 3 heteroatoms. The highest BCUT2D eigenvalue weighted by molar-refractivity contribution is 5.21. The predicted molar refractivity (Wildman–Crippen MR) is 66.0 cm³/mol. The van der Waals surface area contributed by atoms with Gasteiger partial charge in [-0.2, -0.15) is 0 Å². The van der Waals surface area contributed by atoms with Gasteiger partial charge in [0.15, 0.2) is 0 Å². The highest BCUT2D eigenvalue weighted by Gasteiger charge is 2.40. The molecule has 1 saturated heterocycles. The van der Waals surface area contributed by atoms with Crippen LogP contribution in [0.4, 0.5) is 4.39 Å². The molecular formula is C14H20FNO. The standard InChI is InChI=1S/C14H20FNO/c1-8-9(2)17-10(3)13(8)14(16)11-5-4-6-12(15)7-11/h4-10,13-14H,16H2,1-3H3. The van der Waals surface area contributed by atoms with E-state index < -0.39 is 0 Å². The summed E-state index contributed by atoms with van der Waals surface area (Å²) in [6, 6.07) is 6.39. The Labute approximate surface area is 102 Å². The number of benzene rings is 1. The minimum atomic E-state index is -0.231. The maximum atomic E-state index is 13.2. The molecule has 5 atom stereocenters. The molecule has 2 rings (SSSR count).